The molecule has 21 heavy (non-hydrogen) atoms. The van der Waals surface area contributed by atoms with E-state index in [9.17, 15) is 14.7 Å². The van der Waals surface area contributed by atoms with Gasteiger partial charge in [0.05, 0.1) is 5.92 Å². The maximum atomic E-state index is 12.8. The zero-order chi connectivity index (χ0) is 15.0. The van der Waals surface area contributed by atoms with Gasteiger partial charge < -0.3 is 14.9 Å². The molecule has 1 N–H and O–H groups in total. The maximum absolute atomic E-state index is 12.8. The van der Waals surface area contributed by atoms with Crippen LogP contribution in [-0.4, -0.2) is 52.6 Å². The number of urea groups is 1. The normalized spacial score (nSPS) is 33.9. The zero-order valence-electron chi connectivity index (χ0n) is 12.8. The molecular weight excluding hydrogens is 268 g/mol. The van der Waals surface area contributed by atoms with E-state index in [0.717, 1.165) is 19.4 Å². The second-order valence-corrected chi connectivity index (χ2v) is 7.06. The molecule has 0 aromatic carbocycles. The molecule has 0 bridgehead atoms. The highest BCUT2D eigenvalue weighted by Crippen LogP contribution is 2.36. The first kappa shape index (κ1) is 14.7. The number of carboxylic acid groups (broad SMARTS) is 1. The summed E-state index contributed by atoms with van der Waals surface area (Å²) in [5.41, 5.74) is 0. The number of amides is 2. The molecule has 0 aromatic heterocycles. The van der Waals surface area contributed by atoms with E-state index in [4.69, 9.17) is 0 Å². The lowest BCUT2D eigenvalue weighted by molar-refractivity contribution is -0.142. The van der Waals surface area contributed by atoms with E-state index in [1.807, 2.05) is 11.8 Å². The van der Waals surface area contributed by atoms with Crippen LogP contribution in [-0.2, 0) is 4.79 Å². The van der Waals surface area contributed by atoms with Gasteiger partial charge in [-0.05, 0) is 37.5 Å². The van der Waals surface area contributed by atoms with Crippen LogP contribution in [0.15, 0.2) is 0 Å². The molecule has 1 aliphatic carbocycles. The molecule has 3 aliphatic rings. The van der Waals surface area contributed by atoms with Crippen LogP contribution in [0.5, 0.6) is 0 Å². The molecule has 2 aliphatic heterocycles. The standard InChI is InChI=1S/C16H26N2O3/c1-11-9-17(10-13(11)15(19)20)16(21)18-8-4-7-14(18)12-5-2-3-6-12/h11-14H,2-10H2,1H3,(H,19,20). The molecule has 1 saturated carbocycles. The number of carbonyl (C=O) groups excluding carboxylic acids is 1. The lowest BCUT2D eigenvalue weighted by Gasteiger charge is -2.32. The van der Waals surface area contributed by atoms with Crippen molar-refractivity contribution < 1.29 is 14.7 Å². The van der Waals surface area contributed by atoms with E-state index in [-0.39, 0.29) is 11.9 Å². The van der Waals surface area contributed by atoms with Crippen molar-refractivity contribution in [1.29, 1.82) is 0 Å². The number of hydrogen-bond donors (Lipinski definition) is 1. The first-order chi connectivity index (χ1) is 10.1. The van der Waals surface area contributed by atoms with E-state index < -0.39 is 11.9 Å². The summed E-state index contributed by atoms with van der Waals surface area (Å²) < 4.78 is 0. The van der Waals surface area contributed by atoms with Gasteiger partial charge in [-0.3, -0.25) is 4.79 Å². The van der Waals surface area contributed by atoms with Crippen LogP contribution in [0.2, 0.25) is 0 Å². The summed E-state index contributed by atoms with van der Waals surface area (Å²) in [6.45, 7) is 3.75. The van der Waals surface area contributed by atoms with Crippen molar-refractivity contribution in [2.24, 2.45) is 17.8 Å². The van der Waals surface area contributed by atoms with Crippen LogP contribution < -0.4 is 0 Å². The average Bonchev–Trinajstić information content (AvgIpc) is 3.17. The Bertz CT molecular complexity index is 420. The molecule has 3 fully saturated rings. The smallest absolute Gasteiger partial charge is 0.320 e. The minimum atomic E-state index is -0.772. The Labute approximate surface area is 126 Å². The van der Waals surface area contributed by atoms with E-state index in [0.29, 0.717) is 25.0 Å². The summed E-state index contributed by atoms with van der Waals surface area (Å²) in [4.78, 5) is 27.8. The van der Waals surface area contributed by atoms with Crippen molar-refractivity contribution in [2.45, 2.75) is 51.5 Å². The van der Waals surface area contributed by atoms with Gasteiger partial charge in [0, 0.05) is 25.7 Å². The molecular formula is C16H26N2O3. The predicted molar refractivity (Wildman–Crippen MR) is 78.9 cm³/mol. The van der Waals surface area contributed by atoms with Crippen LogP contribution in [0.4, 0.5) is 4.79 Å². The highest BCUT2D eigenvalue weighted by atomic mass is 16.4. The fourth-order valence-corrected chi connectivity index (χ4v) is 4.49. The Kier molecular flexibility index (Phi) is 4.09. The van der Waals surface area contributed by atoms with Gasteiger partial charge in [-0.2, -0.15) is 0 Å². The number of rotatable bonds is 2. The molecule has 5 heteroatoms. The Morgan fingerprint density at radius 3 is 2.38 bits per heavy atom. The SMILES string of the molecule is CC1CN(C(=O)N2CCCC2C2CCCC2)CC1C(=O)O. The Morgan fingerprint density at radius 1 is 1.05 bits per heavy atom. The number of aliphatic carboxylic acids is 1. The maximum Gasteiger partial charge on any atom is 0.320 e. The van der Waals surface area contributed by atoms with Crippen molar-refractivity contribution in [3.8, 4) is 0 Å². The lowest BCUT2D eigenvalue weighted by Crippen LogP contribution is -2.46. The monoisotopic (exact) mass is 294 g/mol. The summed E-state index contributed by atoms with van der Waals surface area (Å²) >= 11 is 0. The number of nitrogens with zero attached hydrogens (tertiary/aromatic N) is 2. The third kappa shape index (κ3) is 2.74. The number of hydrogen-bond acceptors (Lipinski definition) is 2. The first-order valence-corrected chi connectivity index (χ1v) is 8.36. The van der Waals surface area contributed by atoms with Gasteiger partial charge in [0.1, 0.15) is 0 Å². The first-order valence-electron chi connectivity index (χ1n) is 8.36. The van der Waals surface area contributed by atoms with Crippen LogP contribution in [0, 0.1) is 17.8 Å². The van der Waals surface area contributed by atoms with Crippen molar-refractivity contribution in [1.82, 2.24) is 9.80 Å². The number of carbonyl (C=O) groups is 2. The third-order valence-corrected chi connectivity index (χ3v) is 5.69. The van der Waals surface area contributed by atoms with Crippen LogP contribution in [0.25, 0.3) is 0 Å². The minimum Gasteiger partial charge on any atom is -0.481 e. The van der Waals surface area contributed by atoms with E-state index in [1.165, 1.54) is 25.7 Å². The van der Waals surface area contributed by atoms with Crippen LogP contribution >= 0.6 is 0 Å². The minimum absolute atomic E-state index is 0.0546. The molecule has 118 valence electrons. The molecule has 2 heterocycles. The molecule has 5 nitrogen and oxygen atoms in total. The lowest BCUT2D eigenvalue weighted by atomic mass is 9.96. The highest BCUT2D eigenvalue weighted by molar-refractivity contribution is 5.78. The summed E-state index contributed by atoms with van der Waals surface area (Å²) in [5.74, 6) is -0.446. The molecule has 2 saturated heterocycles. The summed E-state index contributed by atoms with van der Waals surface area (Å²) in [5, 5.41) is 9.22. The van der Waals surface area contributed by atoms with E-state index >= 15 is 0 Å². The molecule has 3 atom stereocenters. The van der Waals surface area contributed by atoms with Crippen molar-refractivity contribution in [3.05, 3.63) is 0 Å². The molecule has 3 rings (SSSR count). The van der Waals surface area contributed by atoms with Gasteiger partial charge in [0.2, 0.25) is 0 Å². The predicted octanol–water partition coefficient (Wildman–Crippen LogP) is 2.41. The summed E-state index contributed by atoms with van der Waals surface area (Å²) in [6.07, 6.45) is 7.32. The number of carboxylic acids is 1. The molecule has 3 unspecified atom stereocenters. The fourth-order valence-electron chi connectivity index (χ4n) is 4.49. The second kappa shape index (κ2) is 5.85. The second-order valence-electron chi connectivity index (χ2n) is 7.06. The largest absolute Gasteiger partial charge is 0.481 e. The van der Waals surface area contributed by atoms with Gasteiger partial charge in [-0.1, -0.05) is 19.8 Å². The Morgan fingerprint density at radius 2 is 1.76 bits per heavy atom. The fraction of sp³-hybridized carbons (Fsp3) is 0.875. The molecule has 0 aromatic rings. The van der Waals surface area contributed by atoms with Gasteiger partial charge >= 0.3 is 12.0 Å². The average molecular weight is 294 g/mol. The van der Waals surface area contributed by atoms with Crippen molar-refractivity contribution in [3.63, 3.8) is 0 Å². The number of likely N-dealkylation sites (tertiary alicyclic amines) is 2. The van der Waals surface area contributed by atoms with Crippen LogP contribution in [0.3, 0.4) is 0 Å². The van der Waals surface area contributed by atoms with E-state index in [1.54, 1.807) is 4.90 Å². The quantitative estimate of drug-likeness (QED) is 0.851. The Balaban J connectivity index is 1.66. The van der Waals surface area contributed by atoms with Gasteiger partial charge in [-0.25, -0.2) is 4.79 Å². The zero-order valence-corrected chi connectivity index (χ0v) is 12.8. The highest BCUT2D eigenvalue weighted by Gasteiger charge is 2.42. The summed E-state index contributed by atoms with van der Waals surface area (Å²) in [7, 11) is 0. The van der Waals surface area contributed by atoms with Crippen molar-refractivity contribution in [2.75, 3.05) is 19.6 Å². The van der Waals surface area contributed by atoms with Crippen LogP contribution in [0.1, 0.15) is 45.4 Å². The molecule has 2 amide bonds. The van der Waals surface area contributed by atoms with E-state index in [2.05, 4.69) is 0 Å². The van der Waals surface area contributed by atoms with Gasteiger partial charge in [-0.15, -0.1) is 0 Å². The summed E-state index contributed by atoms with van der Waals surface area (Å²) in [6, 6.07) is 0.485. The topological polar surface area (TPSA) is 60.9 Å². The van der Waals surface area contributed by atoms with Gasteiger partial charge in [0.25, 0.3) is 0 Å². The molecule has 0 spiro atoms. The van der Waals surface area contributed by atoms with Crippen molar-refractivity contribution >= 4 is 12.0 Å². The Hall–Kier alpha value is -1.26. The third-order valence-electron chi connectivity index (χ3n) is 5.69. The molecule has 0 radical (unpaired) electrons. The van der Waals surface area contributed by atoms with Gasteiger partial charge in [0.15, 0.2) is 0 Å².